The van der Waals surface area contributed by atoms with Gasteiger partial charge >= 0.3 is 13.6 Å². The number of carbonyl (C=O) groups excluding carboxylic acids is 1. The Labute approximate surface area is 163 Å². The van der Waals surface area contributed by atoms with E-state index in [4.69, 9.17) is 19.3 Å². The fraction of sp³-hybridized carbons (Fsp3) is 0.316. The fourth-order valence-electron chi connectivity index (χ4n) is 2.26. The van der Waals surface area contributed by atoms with Crippen molar-refractivity contribution in [1.82, 2.24) is 0 Å². The number of para-hydroxylation sites is 2. The summed E-state index contributed by atoms with van der Waals surface area (Å²) in [5.74, 6) is 0.222. The molecule has 0 amide bonds. The lowest BCUT2D eigenvalue weighted by molar-refractivity contribution is -0.143. The van der Waals surface area contributed by atoms with Gasteiger partial charge in [0.1, 0.15) is 23.8 Å². The molecule has 0 fully saturated rings. The van der Waals surface area contributed by atoms with E-state index in [9.17, 15) is 9.36 Å². The number of hydrogen-bond donors (Lipinski definition) is 0. The Bertz CT molecular complexity index is 796. The zero-order chi connectivity index (χ0) is 20.2. The molecule has 0 bridgehead atoms. The minimum atomic E-state index is -3.92. The Kier molecular flexibility index (Phi) is 8.40. The molecule has 0 aliphatic heterocycles. The summed E-state index contributed by atoms with van der Waals surface area (Å²) < 4.78 is 30.4. The molecule has 0 N–H and O–H groups in total. The predicted molar refractivity (Wildman–Crippen MR) is 105 cm³/mol. The van der Waals surface area contributed by atoms with Crippen LogP contribution in [0.1, 0.15) is 19.8 Å². The molecule has 0 aliphatic carbocycles. The first-order chi connectivity index (χ1) is 13.6. The third-order valence-corrected chi connectivity index (χ3v) is 5.78. The highest BCUT2D eigenvalue weighted by molar-refractivity contribution is 7.55. The zero-order valence-electron chi connectivity index (χ0n) is 15.5. The Morgan fingerprint density at radius 3 is 2.07 bits per heavy atom. The molecular formula is C19H22N3O5P. The van der Waals surface area contributed by atoms with E-state index in [1.807, 2.05) is 6.92 Å². The van der Waals surface area contributed by atoms with Crippen molar-refractivity contribution in [3.05, 3.63) is 71.1 Å². The van der Waals surface area contributed by atoms with Crippen LogP contribution in [0, 0.1) is 0 Å². The van der Waals surface area contributed by atoms with Crippen LogP contribution < -0.4 is 9.05 Å². The molecule has 0 spiro atoms. The summed E-state index contributed by atoms with van der Waals surface area (Å²) >= 11 is 0. The predicted octanol–water partition coefficient (Wildman–Crippen LogP) is 5.36. The molecule has 8 nitrogen and oxygen atoms in total. The molecule has 0 saturated carbocycles. The van der Waals surface area contributed by atoms with E-state index in [2.05, 4.69) is 10.0 Å². The standard InChI is InChI=1S/C19H22N3O5P/c1-2-9-19(23)25-15-18(14-21-22-20)28(24,26-16-10-5-3-6-11-16)27-17-12-7-4-8-13-17/h3-8,10-13,18H,2,9,14-15H2,1H3/t18-/m1/s1. The van der Waals surface area contributed by atoms with Gasteiger partial charge in [0.2, 0.25) is 0 Å². The molecular weight excluding hydrogens is 381 g/mol. The molecule has 0 aromatic heterocycles. The van der Waals surface area contributed by atoms with Crippen molar-refractivity contribution in [2.75, 3.05) is 13.2 Å². The van der Waals surface area contributed by atoms with E-state index in [0.29, 0.717) is 17.9 Å². The lowest BCUT2D eigenvalue weighted by Gasteiger charge is -2.26. The monoisotopic (exact) mass is 403 g/mol. The Morgan fingerprint density at radius 1 is 1.07 bits per heavy atom. The van der Waals surface area contributed by atoms with Crippen LogP contribution in [0.4, 0.5) is 0 Å². The van der Waals surface area contributed by atoms with E-state index in [-0.39, 0.29) is 19.6 Å². The van der Waals surface area contributed by atoms with Crippen LogP contribution in [0.25, 0.3) is 10.4 Å². The average molecular weight is 403 g/mol. The smallest absolute Gasteiger partial charge is 0.437 e. The highest BCUT2D eigenvalue weighted by atomic mass is 31.2. The maximum Gasteiger partial charge on any atom is 0.437 e. The maximum absolute atomic E-state index is 13.7. The van der Waals surface area contributed by atoms with E-state index >= 15 is 0 Å². The van der Waals surface area contributed by atoms with Crippen LogP contribution in [0.15, 0.2) is 65.8 Å². The van der Waals surface area contributed by atoms with Gasteiger partial charge in [0, 0.05) is 17.9 Å². The number of hydrogen-bond acceptors (Lipinski definition) is 6. The van der Waals surface area contributed by atoms with Gasteiger partial charge in [-0.05, 0) is 36.2 Å². The number of ether oxygens (including phenoxy) is 1. The number of azide groups is 1. The van der Waals surface area contributed by atoms with Gasteiger partial charge in [-0.15, -0.1) is 0 Å². The maximum atomic E-state index is 13.7. The molecule has 0 unspecified atom stereocenters. The van der Waals surface area contributed by atoms with Crippen LogP contribution in [-0.2, 0) is 14.1 Å². The van der Waals surface area contributed by atoms with Gasteiger partial charge in [-0.1, -0.05) is 48.4 Å². The minimum Gasteiger partial charge on any atom is -0.465 e. The molecule has 0 saturated heterocycles. The molecule has 0 radical (unpaired) electrons. The van der Waals surface area contributed by atoms with Crippen molar-refractivity contribution in [3.8, 4) is 11.5 Å². The first-order valence-electron chi connectivity index (χ1n) is 8.83. The lowest BCUT2D eigenvalue weighted by atomic mass is 10.3. The summed E-state index contributed by atoms with van der Waals surface area (Å²) in [7, 11) is -3.92. The second-order valence-electron chi connectivity index (χ2n) is 5.85. The summed E-state index contributed by atoms with van der Waals surface area (Å²) in [5.41, 5.74) is 7.73. The third kappa shape index (κ3) is 6.65. The van der Waals surface area contributed by atoms with E-state index in [0.717, 1.165) is 0 Å². The summed E-state index contributed by atoms with van der Waals surface area (Å²) in [6, 6.07) is 17.0. The highest BCUT2D eigenvalue weighted by Gasteiger charge is 2.40. The normalized spacial score (nSPS) is 11.8. The van der Waals surface area contributed by atoms with Gasteiger partial charge < -0.3 is 13.8 Å². The molecule has 148 valence electrons. The van der Waals surface area contributed by atoms with Gasteiger partial charge in [0.15, 0.2) is 0 Å². The van der Waals surface area contributed by atoms with Gasteiger partial charge in [0.25, 0.3) is 0 Å². The second-order valence-corrected chi connectivity index (χ2v) is 8.02. The second kappa shape index (κ2) is 11.0. The summed E-state index contributed by atoms with van der Waals surface area (Å²) in [6.07, 6.45) is 0.857. The Hall–Kier alpha value is -2.95. The van der Waals surface area contributed by atoms with Crippen molar-refractivity contribution >= 4 is 13.6 Å². The molecule has 1 atom stereocenters. The first-order valence-corrected chi connectivity index (χ1v) is 10.4. The molecule has 28 heavy (non-hydrogen) atoms. The van der Waals surface area contributed by atoms with Crippen LogP contribution in [0.2, 0.25) is 0 Å². The van der Waals surface area contributed by atoms with Crippen LogP contribution in [0.3, 0.4) is 0 Å². The molecule has 2 rings (SSSR count). The SMILES string of the molecule is CCCC(=O)OC[C@@H](CN=[N+]=[N-])P(=O)(Oc1ccccc1)Oc1ccccc1. The van der Waals surface area contributed by atoms with E-state index in [1.54, 1.807) is 60.7 Å². The topological polar surface area (TPSA) is 111 Å². The molecule has 2 aromatic carbocycles. The minimum absolute atomic E-state index is 0.215. The highest BCUT2D eigenvalue weighted by Crippen LogP contribution is 2.53. The summed E-state index contributed by atoms with van der Waals surface area (Å²) in [6.45, 7) is 1.38. The van der Waals surface area contributed by atoms with E-state index in [1.165, 1.54) is 0 Å². The quantitative estimate of drug-likeness (QED) is 0.165. The number of esters is 1. The summed E-state index contributed by atoms with van der Waals surface area (Å²) in [4.78, 5) is 14.5. The third-order valence-electron chi connectivity index (χ3n) is 3.65. The number of carbonyl (C=O) groups is 1. The number of benzene rings is 2. The van der Waals surface area contributed by atoms with E-state index < -0.39 is 19.2 Å². The number of nitrogens with zero attached hydrogens (tertiary/aromatic N) is 3. The lowest BCUT2D eigenvalue weighted by Crippen LogP contribution is -2.26. The number of rotatable bonds is 11. The first kappa shape index (κ1) is 21.4. The zero-order valence-corrected chi connectivity index (χ0v) is 16.4. The van der Waals surface area contributed by atoms with Crippen molar-refractivity contribution < 1.29 is 23.1 Å². The average Bonchev–Trinajstić information content (AvgIpc) is 2.69. The van der Waals surface area contributed by atoms with Gasteiger partial charge in [-0.25, -0.2) is 4.57 Å². The van der Waals surface area contributed by atoms with Crippen molar-refractivity contribution in [2.45, 2.75) is 25.4 Å². The van der Waals surface area contributed by atoms with Crippen LogP contribution in [0.5, 0.6) is 11.5 Å². The fourth-order valence-corrected chi connectivity index (χ4v) is 3.96. The van der Waals surface area contributed by atoms with Crippen LogP contribution >= 0.6 is 7.60 Å². The largest absolute Gasteiger partial charge is 0.465 e. The Balaban J connectivity index is 2.31. The van der Waals surface area contributed by atoms with Gasteiger partial charge in [-0.3, -0.25) is 4.79 Å². The Morgan fingerprint density at radius 2 is 1.61 bits per heavy atom. The molecule has 0 heterocycles. The molecule has 2 aromatic rings. The van der Waals surface area contributed by atoms with Gasteiger partial charge in [-0.2, -0.15) is 0 Å². The summed E-state index contributed by atoms with van der Waals surface area (Å²) in [5, 5.41) is 3.50. The van der Waals surface area contributed by atoms with Crippen molar-refractivity contribution in [1.29, 1.82) is 0 Å². The van der Waals surface area contributed by atoms with Crippen LogP contribution in [-0.4, -0.2) is 24.8 Å². The molecule has 0 aliphatic rings. The van der Waals surface area contributed by atoms with Crippen molar-refractivity contribution in [2.24, 2.45) is 5.11 Å². The van der Waals surface area contributed by atoms with Crippen molar-refractivity contribution in [3.63, 3.8) is 0 Å². The molecule has 9 heteroatoms. The van der Waals surface area contributed by atoms with Gasteiger partial charge in [0.05, 0.1) is 0 Å².